The Morgan fingerprint density at radius 1 is 1.00 bits per heavy atom. The summed E-state index contributed by atoms with van der Waals surface area (Å²) in [6.07, 6.45) is 4.48. The van der Waals surface area contributed by atoms with Crippen molar-refractivity contribution in [2.24, 2.45) is 0 Å². The first-order valence-electron chi connectivity index (χ1n) is 8.54. The number of amides is 2. The van der Waals surface area contributed by atoms with E-state index in [1.807, 2.05) is 37.3 Å². The molecular weight excluding hydrogens is 330 g/mol. The maximum atomic E-state index is 12.3. The summed E-state index contributed by atoms with van der Waals surface area (Å²) in [6, 6.07) is 12.6. The molecule has 134 valence electrons. The van der Waals surface area contributed by atoms with Crippen LogP contribution in [0.15, 0.2) is 48.5 Å². The van der Waals surface area contributed by atoms with Gasteiger partial charge in [-0.3, -0.25) is 14.5 Å². The van der Waals surface area contributed by atoms with Gasteiger partial charge >= 0.3 is 0 Å². The quantitative estimate of drug-likeness (QED) is 0.562. The summed E-state index contributed by atoms with van der Waals surface area (Å²) in [7, 11) is 1.60. The second-order valence-electron chi connectivity index (χ2n) is 5.92. The van der Waals surface area contributed by atoms with Crippen molar-refractivity contribution in [2.75, 3.05) is 20.3 Å². The van der Waals surface area contributed by atoms with Gasteiger partial charge in [0.05, 0.1) is 24.8 Å². The van der Waals surface area contributed by atoms with Gasteiger partial charge in [0.15, 0.2) is 11.5 Å². The van der Waals surface area contributed by atoms with Crippen LogP contribution in [0.1, 0.15) is 39.6 Å². The van der Waals surface area contributed by atoms with Gasteiger partial charge in [0.1, 0.15) is 0 Å². The Hall–Kier alpha value is -3.08. The molecule has 0 radical (unpaired) electrons. The van der Waals surface area contributed by atoms with Gasteiger partial charge in [0.25, 0.3) is 11.8 Å². The minimum atomic E-state index is -0.237. The fourth-order valence-electron chi connectivity index (χ4n) is 2.95. The Kier molecular flexibility index (Phi) is 5.37. The smallest absolute Gasteiger partial charge is 0.261 e. The molecule has 5 heteroatoms. The summed E-state index contributed by atoms with van der Waals surface area (Å²) in [5.41, 5.74) is 1.97. The zero-order chi connectivity index (χ0) is 18.5. The monoisotopic (exact) mass is 351 g/mol. The number of carbonyl (C=O) groups is 2. The van der Waals surface area contributed by atoms with E-state index in [9.17, 15) is 9.59 Å². The summed E-state index contributed by atoms with van der Waals surface area (Å²) in [5.74, 6) is 0.821. The Morgan fingerprint density at radius 3 is 2.31 bits per heavy atom. The van der Waals surface area contributed by atoms with Gasteiger partial charge in [-0.05, 0) is 43.2 Å². The molecule has 5 nitrogen and oxygen atoms in total. The third kappa shape index (κ3) is 3.47. The number of imide groups is 1. The lowest BCUT2D eigenvalue weighted by Crippen LogP contribution is -2.31. The number of rotatable bonds is 7. The van der Waals surface area contributed by atoms with Crippen LogP contribution >= 0.6 is 0 Å². The lowest BCUT2D eigenvalue weighted by Gasteiger charge is -2.15. The second kappa shape index (κ2) is 7.87. The topological polar surface area (TPSA) is 55.8 Å². The molecule has 1 aliphatic rings. The fraction of sp³-hybridized carbons (Fsp3) is 0.238. The molecule has 1 aliphatic heterocycles. The molecule has 0 bridgehead atoms. The molecule has 2 aromatic carbocycles. The number of fused-ring (bicyclic) bond motifs is 1. The summed E-state index contributed by atoms with van der Waals surface area (Å²) in [6.45, 7) is 2.66. The number of hydrogen-bond acceptors (Lipinski definition) is 4. The van der Waals surface area contributed by atoms with E-state index in [1.54, 1.807) is 31.4 Å². The number of nitrogens with zero attached hydrogens (tertiary/aromatic N) is 1. The van der Waals surface area contributed by atoms with Crippen LogP contribution in [0.5, 0.6) is 11.5 Å². The van der Waals surface area contributed by atoms with E-state index in [2.05, 4.69) is 0 Å². The fourth-order valence-corrected chi connectivity index (χ4v) is 2.95. The van der Waals surface area contributed by atoms with Crippen molar-refractivity contribution in [1.29, 1.82) is 0 Å². The normalized spacial score (nSPS) is 13.4. The number of allylic oxidation sites excluding steroid dienone is 1. The van der Waals surface area contributed by atoms with E-state index in [1.165, 1.54) is 4.90 Å². The van der Waals surface area contributed by atoms with E-state index >= 15 is 0 Å². The zero-order valence-corrected chi connectivity index (χ0v) is 14.9. The van der Waals surface area contributed by atoms with Crippen molar-refractivity contribution in [1.82, 2.24) is 4.90 Å². The number of hydrogen-bond donors (Lipinski definition) is 0. The van der Waals surface area contributed by atoms with Crippen LogP contribution in [0.25, 0.3) is 6.08 Å². The van der Waals surface area contributed by atoms with Gasteiger partial charge in [-0.25, -0.2) is 0 Å². The van der Waals surface area contributed by atoms with Crippen molar-refractivity contribution in [3.05, 3.63) is 65.2 Å². The predicted molar refractivity (Wildman–Crippen MR) is 99.6 cm³/mol. The highest BCUT2D eigenvalue weighted by atomic mass is 16.5. The minimum Gasteiger partial charge on any atom is -0.493 e. The number of ether oxygens (including phenoxy) is 2. The van der Waals surface area contributed by atoms with E-state index in [4.69, 9.17) is 9.47 Å². The molecule has 1 heterocycles. The van der Waals surface area contributed by atoms with Crippen LogP contribution in [0, 0.1) is 0 Å². The predicted octanol–water partition coefficient (Wildman–Crippen LogP) is 3.79. The maximum Gasteiger partial charge on any atom is 0.261 e. The highest BCUT2D eigenvalue weighted by molar-refractivity contribution is 6.21. The third-order valence-corrected chi connectivity index (χ3v) is 4.21. The number of methoxy groups -OCH3 is 1. The van der Waals surface area contributed by atoms with E-state index in [0.717, 1.165) is 5.56 Å². The molecule has 0 fully saturated rings. The highest BCUT2D eigenvalue weighted by Crippen LogP contribution is 2.29. The van der Waals surface area contributed by atoms with Gasteiger partial charge in [-0.1, -0.05) is 30.4 Å². The van der Waals surface area contributed by atoms with Crippen LogP contribution in [-0.2, 0) is 0 Å². The molecule has 3 rings (SSSR count). The summed E-state index contributed by atoms with van der Waals surface area (Å²) < 4.78 is 11.1. The summed E-state index contributed by atoms with van der Waals surface area (Å²) in [4.78, 5) is 25.9. The van der Waals surface area contributed by atoms with Crippen LogP contribution < -0.4 is 9.47 Å². The first-order valence-corrected chi connectivity index (χ1v) is 8.54. The van der Waals surface area contributed by atoms with Gasteiger partial charge in [0, 0.05) is 6.54 Å². The number of benzene rings is 2. The second-order valence-corrected chi connectivity index (χ2v) is 5.92. The van der Waals surface area contributed by atoms with E-state index in [0.29, 0.717) is 42.2 Å². The average molecular weight is 351 g/mol. The average Bonchev–Trinajstić information content (AvgIpc) is 2.91. The molecule has 0 saturated heterocycles. The summed E-state index contributed by atoms with van der Waals surface area (Å²) >= 11 is 0. The number of carbonyl (C=O) groups excluding carboxylic acids is 2. The molecular formula is C21H21NO4. The zero-order valence-electron chi connectivity index (χ0n) is 14.9. The van der Waals surface area contributed by atoms with Gasteiger partial charge in [-0.2, -0.15) is 0 Å². The lowest BCUT2D eigenvalue weighted by molar-refractivity contribution is 0.0646. The Labute approximate surface area is 152 Å². The Balaban J connectivity index is 1.57. The van der Waals surface area contributed by atoms with Crippen molar-refractivity contribution in [2.45, 2.75) is 13.3 Å². The molecule has 0 aliphatic carbocycles. The van der Waals surface area contributed by atoms with E-state index in [-0.39, 0.29) is 11.8 Å². The molecule has 2 amide bonds. The van der Waals surface area contributed by atoms with Gasteiger partial charge < -0.3 is 9.47 Å². The van der Waals surface area contributed by atoms with Crippen molar-refractivity contribution >= 4 is 17.9 Å². The third-order valence-electron chi connectivity index (χ3n) is 4.21. The van der Waals surface area contributed by atoms with Crippen LogP contribution in [0.4, 0.5) is 0 Å². The molecule has 0 N–H and O–H groups in total. The summed E-state index contributed by atoms with van der Waals surface area (Å²) in [5, 5.41) is 0. The molecule has 2 aromatic rings. The minimum absolute atomic E-state index is 0.237. The highest BCUT2D eigenvalue weighted by Gasteiger charge is 2.34. The lowest BCUT2D eigenvalue weighted by atomic mass is 10.1. The SMILES string of the molecule is CC=Cc1ccc(OCCCN2C(=O)c3ccccc3C2=O)c(OC)c1. The largest absolute Gasteiger partial charge is 0.493 e. The molecule has 0 saturated carbocycles. The molecule has 0 spiro atoms. The first-order chi connectivity index (χ1) is 12.7. The van der Waals surface area contributed by atoms with Gasteiger partial charge in [0.2, 0.25) is 0 Å². The van der Waals surface area contributed by atoms with E-state index < -0.39 is 0 Å². The van der Waals surface area contributed by atoms with Crippen molar-refractivity contribution < 1.29 is 19.1 Å². The first kappa shape index (κ1) is 17.7. The molecule has 26 heavy (non-hydrogen) atoms. The van der Waals surface area contributed by atoms with Crippen molar-refractivity contribution in [3.8, 4) is 11.5 Å². The molecule has 0 aromatic heterocycles. The Morgan fingerprint density at radius 2 is 1.69 bits per heavy atom. The van der Waals surface area contributed by atoms with Crippen LogP contribution in [0.2, 0.25) is 0 Å². The molecule has 0 unspecified atom stereocenters. The maximum absolute atomic E-state index is 12.3. The van der Waals surface area contributed by atoms with Crippen LogP contribution in [0.3, 0.4) is 0 Å². The Bertz CT molecular complexity index is 822. The standard InChI is InChI=1S/C21H21NO4/c1-3-7-15-10-11-18(19(14-15)25-2)26-13-6-12-22-20(23)16-8-4-5-9-17(16)21(22)24/h3-5,7-11,14H,6,12-13H2,1-2H3. The van der Waals surface area contributed by atoms with Gasteiger partial charge in [-0.15, -0.1) is 0 Å². The van der Waals surface area contributed by atoms with Crippen molar-refractivity contribution in [3.63, 3.8) is 0 Å². The molecule has 0 atom stereocenters. The van der Waals surface area contributed by atoms with Crippen LogP contribution in [-0.4, -0.2) is 37.0 Å².